The first-order valence-electron chi connectivity index (χ1n) is 35.7. The van der Waals surface area contributed by atoms with Gasteiger partial charge in [-0.1, -0.05) is 172 Å². The van der Waals surface area contributed by atoms with Crippen molar-refractivity contribution in [3.63, 3.8) is 0 Å². The number of fused-ring (bicyclic) bond motifs is 3. The van der Waals surface area contributed by atoms with E-state index in [1.165, 1.54) is 4.90 Å². The Bertz CT molecular complexity index is 6040. The number of aromatic nitrogens is 9. The number of amides is 1. The zero-order valence-electron chi connectivity index (χ0n) is 62.2. The number of aryl methyl sites for hydroxylation is 2. The van der Waals surface area contributed by atoms with Gasteiger partial charge < -0.3 is 43.6 Å². The number of anilines is 3. The summed E-state index contributed by atoms with van der Waals surface area (Å²) in [5, 5.41) is 49.4. The fourth-order valence-electron chi connectivity index (χ4n) is 13.2. The highest BCUT2D eigenvalue weighted by Crippen LogP contribution is 2.49. The average Bonchev–Trinajstić information content (AvgIpc) is 1.38. The summed E-state index contributed by atoms with van der Waals surface area (Å²) in [5.41, 5.74) is 2.19. The third-order valence-electron chi connectivity index (χ3n) is 18.8. The van der Waals surface area contributed by atoms with E-state index in [1.54, 1.807) is 225 Å². The summed E-state index contributed by atoms with van der Waals surface area (Å²) in [4.78, 5) is 48.1. The van der Waals surface area contributed by atoms with Gasteiger partial charge in [0.2, 0.25) is 0 Å². The minimum atomic E-state index is -1.64. The monoisotopic (exact) mass is 1650 g/mol. The summed E-state index contributed by atoms with van der Waals surface area (Å²) in [5.74, 6) is 2.43. The second-order valence-corrected chi connectivity index (χ2v) is 30.0. The van der Waals surface area contributed by atoms with E-state index in [0.717, 1.165) is 13.1 Å². The molecule has 3 N–H and O–H groups in total. The van der Waals surface area contributed by atoms with Crippen molar-refractivity contribution in [2.24, 2.45) is 14.1 Å². The number of carbonyl (C=O) groups is 1. The topological polar surface area (TPSA) is 236 Å². The van der Waals surface area contributed by atoms with E-state index in [2.05, 4.69) is 54.7 Å². The highest BCUT2D eigenvalue weighted by atomic mass is 35.5. The molecule has 0 aliphatic heterocycles. The van der Waals surface area contributed by atoms with Crippen molar-refractivity contribution in [2.45, 2.75) is 57.0 Å². The first-order valence-corrected chi connectivity index (χ1v) is 38.3. The van der Waals surface area contributed by atoms with Crippen molar-refractivity contribution >= 4 is 137 Å². The van der Waals surface area contributed by atoms with Crippen LogP contribution in [0.15, 0.2) is 262 Å². The van der Waals surface area contributed by atoms with E-state index in [4.69, 9.17) is 106 Å². The molecule has 0 aliphatic rings. The van der Waals surface area contributed by atoms with Crippen LogP contribution in [-0.2, 0) is 35.6 Å². The van der Waals surface area contributed by atoms with Crippen LogP contribution in [0.1, 0.15) is 90.6 Å². The lowest BCUT2D eigenvalue weighted by atomic mass is 9.80. The summed E-state index contributed by atoms with van der Waals surface area (Å²) in [6.45, 7) is 11.0. The van der Waals surface area contributed by atoms with Gasteiger partial charge in [0.05, 0.1) is 91.1 Å². The van der Waals surface area contributed by atoms with E-state index in [-0.39, 0.29) is 31.8 Å². The molecule has 0 saturated heterocycles. The Morgan fingerprint density at radius 3 is 1.55 bits per heavy atom. The van der Waals surface area contributed by atoms with Gasteiger partial charge in [-0.2, -0.15) is 5.26 Å². The summed E-state index contributed by atoms with van der Waals surface area (Å²) in [7, 11) is 3.65. The molecule has 15 rings (SSSR count). The molecule has 15 aromatic rings. The third-order valence-corrected chi connectivity index (χ3v) is 21.0. The Kier molecular flexibility index (Phi) is 24.3. The fraction of sp³-hybridized carbons (Fsp3) is 0.148. The number of carbonyl (C=O) groups excluding carboxylic acids is 1. The Morgan fingerprint density at radius 2 is 1.00 bits per heavy atom. The number of ether oxygens (including phenoxy) is 3. The number of para-hydroxylation sites is 2. The fourth-order valence-corrected chi connectivity index (χ4v) is 15.0. The molecule has 19 nitrogen and oxygen atoms in total. The van der Waals surface area contributed by atoms with Crippen molar-refractivity contribution in [3.8, 4) is 29.1 Å². The molecule has 0 saturated carbocycles. The van der Waals surface area contributed by atoms with Crippen LogP contribution in [0.3, 0.4) is 0 Å². The van der Waals surface area contributed by atoms with Crippen LogP contribution in [-0.4, -0.2) is 84.1 Å². The van der Waals surface area contributed by atoms with Gasteiger partial charge in [0.1, 0.15) is 28.4 Å². The van der Waals surface area contributed by atoms with Crippen LogP contribution < -0.4 is 19.3 Å². The molecule has 574 valence electrons. The van der Waals surface area contributed by atoms with Crippen LogP contribution >= 0.6 is 81.2 Å². The summed E-state index contributed by atoms with van der Waals surface area (Å²) >= 11 is 46.5. The zero-order valence-corrected chi connectivity index (χ0v) is 67.5. The van der Waals surface area contributed by atoms with Gasteiger partial charge in [-0.25, -0.2) is 34.6 Å². The Labute approximate surface area is 692 Å². The summed E-state index contributed by atoms with van der Waals surface area (Å²) in [6.07, 6.45) is 10.7. The van der Waals surface area contributed by atoms with Gasteiger partial charge in [-0.05, 0) is 190 Å². The van der Waals surface area contributed by atoms with Crippen LogP contribution in [0.4, 0.5) is 22.0 Å². The molecule has 1 amide bonds. The molecule has 114 heavy (non-hydrogen) atoms. The number of halogens is 7. The lowest BCUT2D eigenvalue weighted by molar-refractivity contribution is 0.0598. The van der Waals surface area contributed by atoms with Crippen LogP contribution in [0, 0.1) is 11.3 Å². The predicted octanol–water partition coefficient (Wildman–Crippen LogP) is 21.8. The first kappa shape index (κ1) is 80.8. The van der Waals surface area contributed by atoms with Crippen LogP contribution in [0.2, 0.25) is 35.4 Å². The minimum absolute atomic E-state index is 0.0160. The Hall–Kier alpha value is -11.2. The van der Waals surface area contributed by atoms with Crippen LogP contribution in [0.25, 0.3) is 32.7 Å². The van der Waals surface area contributed by atoms with Gasteiger partial charge in [0.15, 0.2) is 38.8 Å². The number of nitriles is 1. The number of aliphatic hydroxyl groups is 3. The van der Waals surface area contributed by atoms with Crippen LogP contribution in [0.5, 0.6) is 23.0 Å². The lowest BCUT2D eigenvalue weighted by Gasteiger charge is -2.31. The average molecular weight is 1660 g/mol. The highest BCUT2D eigenvalue weighted by molar-refractivity contribution is 6.43. The van der Waals surface area contributed by atoms with Gasteiger partial charge in [0.25, 0.3) is 0 Å². The van der Waals surface area contributed by atoms with Gasteiger partial charge in [-0.3, -0.25) is 9.97 Å². The molecule has 0 spiro atoms. The quantitative estimate of drug-likeness (QED) is 0.0677. The molecule has 8 aromatic carbocycles. The van der Waals surface area contributed by atoms with Crippen molar-refractivity contribution in [1.82, 2.24) is 44.0 Å². The molecule has 3 atom stereocenters. The van der Waals surface area contributed by atoms with Crippen molar-refractivity contribution < 1.29 is 34.3 Å². The van der Waals surface area contributed by atoms with E-state index >= 15 is 0 Å². The summed E-state index contributed by atoms with van der Waals surface area (Å²) < 4.78 is 21.5. The first-order chi connectivity index (χ1) is 54.8. The highest BCUT2D eigenvalue weighted by Gasteiger charge is 2.41. The van der Waals surface area contributed by atoms with Gasteiger partial charge in [-0.15, -0.1) is 0 Å². The van der Waals surface area contributed by atoms with E-state index in [9.17, 15) is 20.1 Å². The largest absolute Gasteiger partial charge is 0.453 e. The van der Waals surface area contributed by atoms with Crippen molar-refractivity contribution in [1.29, 1.82) is 5.26 Å². The van der Waals surface area contributed by atoms with E-state index < -0.39 is 28.5 Å². The molecule has 7 aromatic heterocycles. The molecule has 7 heterocycles. The number of rotatable bonds is 18. The van der Waals surface area contributed by atoms with Crippen molar-refractivity contribution in [3.05, 3.63) is 353 Å². The molecule has 0 aliphatic carbocycles. The number of pyridine rings is 5. The number of hydrogen-bond donors (Lipinski definition) is 3. The number of hydrogen-bond acceptors (Lipinski definition) is 16. The normalized spacial score (nSPS) is 12.9. The standard InChI is InChI=1S/C32H26Cl3N3O3.C29H28ClN5O2.C27H17Cl3N4O2/c1-31(2,3)41-30(39)38(24-12-5-4-6-13-24)28-27(34)25-18-21(14-15-26(25)37-29(28)35)32(40,22-10-8-16-36-19-22)20-9-7-11-23(33)17-20;1-4-35(5-2)28-27(37-21-11-7-6-8-12-21)26(30)22-17-20(14-15-23(22)33-28)29(36,24-13-9-10-16-32-24)25-18-31-19-34(25)3;1-34-15-32-14-23(34)27(35,17-4-7-19(28)8-5-17)18-6-11-22-21(12-18)24(29)25(26(30)33-22)36-20-9-2-16(13-31)3-10-20/h4-19,40H,1-3H3;6-19,36H,4-5H2,1-3H3;2-12,14-15,35H,1H3. The zero-order chi connectivity index (χ0) is 80.8. The van der Waals surface area contributed by atoms with E-state index in [0.29, 0.717) is 133 Å². The second-order valence-electron chi connectivity index (χ2n) is 27.2. The SMILES string of the molecule is CC(C)(C)OC(=O)N(c1ccccc1)c1c(Cl)nc2ccc(C(O)(c3cccnc3)c3cccc(Cl)c3)cc2c1Cl.CCN(CC)c1nc2ccc(C(O)(c3ccccn3)c3cncn3C)cc2c(Cl)c1Oc1ccccc1.Cn1cncc1C(O)(c1ccc(Cl)cc1)c1ccc2nc(Cl)c(Oc3ccc(C#N)cc3)c(Cl)c2c1. The van der Waals surface area contributed by atoms with Gasteiger partial charge >= 0.3 is 6.09 Å². The maximum Gasteiger partial charge on any atom is 0.419 e. The number of imidazole rings is 2. The molecular formula is C88H71Cl7N12O7. The summed E-state index contributed by atoms with van der Waals surface area (Å²) in [6, 6.07) is 66.0. The smallest absolute Gasteiger partial charge is 0.419 e. The number of benzene rings is 8. The van der Waals surface area contributed by atoms with Crippen molar-refractivity contribution in [2.75, 3.05) is 22.9 Å². The lowest BCUT2D eigenvalue weighted by Crippen LogP contribution is -2.34. The maximum absolute atomic E-state index is 13.5. The van der Waals surface area contributed by atoms with E-state index in [1.807, 2.05) is 80.8 Å². The molecule has 3 unspecified atom stereocenters. The molecular weight excluding hydrogens is 1590 g/mol. The van der Waals surface area contributed by atoms with Gasteiger partial charge in [0, 0.05) is 77.5 Å². The predicted molar refractivity (Wildman–Crippen MR) is 450 cm³/mol. The second kappa shape index (κ2) is 34.2. The molecule has 0 radical (unpaired) electrons. The molecule has 0 fully saturated rings. The minimum Gasteiger partial charge on any atom is -0.453 e. The Morgan fingerprint density at radius 1 is 0.482 bits per heavy atom. The molecule has 0 bridgehead atoms. The number of nitrogens with zero attached hydrogens (tertiary/aromatic N) is 12. The third kappa shape index (κ3) is 16.5. The maximum atomic E-state index is 13.5. The molecule has 26 heteroatoms. The Balaban J connectivity index is 0.000000150.